The third kappa shape index (κ3) is 4.23. The molecular formula is C14H24N4O2. The summed E-state index contributed by atoms with van der Waals surface area (Å²) in [7, 11) is 0. The molecule has 0 bridgehead atoms. The summed E-state index contributed by atoms with van der Waals surface area (Å²) in [6.45, 7) is 5.67. The number of carbonyl (C=O) groups is 1. The zero-order valence-corrected chi connectivity index (χ0v) is 12.1. The van der Waals surface area contributed by atoms with Crippen LogP contribution in [0.25, 0.3) is 0 Å². The van der Waals surface area contributed by atoms with E-state index >= 15 is 0 Å². The molecule has 2 amide bonds. The quantitative estimate of drug-likeness (QED) is 0.780. The van der Waals surface area contributed by atoms with Crippen molar-refractivity contribution < 1.29 is 9.53 Å². The number of ether oxygens (including phenoxy) is 1. The second kappa shape index (κ2) is 7.89. The van der Waals surface area contributed by atoms with Gasteiger partial charge in [-0.15, -0.1) is 0 Å². The third-order valence-corrected chi connectivity index (χ3v) is 3.62. The van der Waals surface area contributed by atoms with Crippen LogP contribution < -0.4 is 5.32 Å². The van der Waals surface area contributed by atoms with E-state index in [1.165, 1.54) is 0 Å². The van der Waals surface area contributed by atoms with E-state index in [4.69, 9.17) is 4.74 Å². The molecule has 0 aliphatic carbocycles. The molecule has 1 aromatic heterocycles. The Bertz CT molecular complexity index is 394. The Morgan fingerprint density at radius 3 is 3.30 bits per heavy atom. The molecule has 2 N–H and O–H groups in total. The van der Waals surface area contributed by atoms with Crippen molar-refractivity contribution in [2.45, 2.75) is 32.1 Å². The fraction of sp³-hybridized carbons (Fsp3) is 0.714. The van der Waals surface area contributed by atoms with Crippen molar-refractivity contribution in [1.29, 1.82) is 0 Å². The van der Waals surface area contributed by atoms with Gasteiger partial charge in [0.2, 0.25) is 0 Å². The average molecular weight is 280 g/mol. The summed E-state index contributed by atoms with van der Waals surface area (Å²) in [5.74, 6) is 0.375. The number of likely N-dealkylation sites (tertiary alicyclic amines) is 1. The number of urea groups is 1. The van der Waals surface area contributed by atoms with Gasteiger partial charge in [-0.05, 0) is 32.3 Å². The van der Waals surface area contributed by atoms with Gasteiger partial charge in [-0.3, -0.25) is 5.10 Å². The van der Waals surface area contributed by atoms with E-state index in [9.17, 15) is 4.79 Å². The largest absolute Gasteiger partial charge is 0.382 e. The Morgan fingerprint density at radius 2 is 2.55 bits per heavy atom. The minimum atomic E-state index is 0.0331. The van der Waals surface area contributed by atoms with E-state index in [1.807, 2.05) is 17.9 Å². The van der Waals surface area contributed by atoms with Gasteiger partial charge in [0.05, 0.1) is 0 Å². The molecule has 1 aromatic rings. The lowest BCUT2D eigenvalue weighted by atomic mass is 9.95. The minimum absolute atomic E-state index is 0.0331. The molecule has 112 valence electrons. The summed E-state index contributed by atoms with van der Waals surface area (Å²) in [5.41, 5.74) is 1.12. The molecule has 6 heteroatoms. The number of piperidine rings is 1. The van der Waals surface area contributed by atoms with Crippen LogP contribution in [0.5, 0.6) is 0 Å². The van der Waals surface area contributed by atoms with Crippen LogP contribution in [0.2, 0.25) is 0 Å². The van der Waals surface area contributed by atoms with Gasteiger partial charge in [-0.25, -0.2) is 4.79 Å². The second-order valence-corrected chi connectivity index (χ2v) is 5.08. The molecule has 6 nitrogen and oxygen atoms in total. The molecule has 0 spiro atoms. The standard InChI is InChI=1S/C14H24N4O2/c1-2-20-10-4-7-15-14(19)18-9-3-5-12(11-18)13-6-8-16-17-13/h6,8,12H,2-5,7,9-11H2,1H3,(H,15,19)(H,16,17). The van der Waals surface area contributed by atoms with E-state index in [-0.39, 0.29) is 6.03 Å². The highest BCUT2D eigenvalue weighted by molar-refractivity contribution is 5.74. The van der Waals surface area contributed by atoms with Gasteiger partial charge in [0, 0.05) is 50.7 Å². The van der Waals surface area contributed by atoms with Gasteiger partial charge in [0.15, 0.2) is 0 Å². The molecule has 2 rings (SSSR count). The van der Waals surface area contributed by atoms with Crippen LogP contribution in [0.1, 0.15) is 37.8 Å². The lowest BCUT2D eigenvalue weighted by molar-refractivity contribution is 0.143. The van der Waals surface area contributed by atoms with Gasteiger partial charge >= 0.3 is 6.03 Å². The van der Waals surface area contributed by atoms with Crippen LogP contribution >= 0.6 is 0 Å². The number of H-pyrrole nitrogens is 1. The molecule has 0 saturated carbocycles. The van der Waals surface area contributed by atoms with Crippen LogP contribution in [0, 0.1) is 0 Å². The molecule has 1 saturated heterocycles. The maximum atomic E-state index is 12.1. The molecular weight excluding hydrogens is 256 g/mol. The highest BCUT2D eigenvalue weighted by Gasteiger charge is 2.25. The lowest BCUT2D eigenvalue weighted by Crippen LogP contribution is -2.45. The minimum Gasteiger partial charge on any atom is -0.382 e. The van der Waals surface area contributed by atoms with Crippen LogP contribution in [0.3, 0.4) is 0 Å². The number of aromatic amines is 1. The summed E-state index contributed by atoms with van der Waals surface area (Å²) in [5, 5.41) is 9.95. The van der Waals surface area contributed by atoms with E-state index in [2.05, 4.69) is 15.5 Å². The number of nitrogens with one attached hydrogen (secondary N) is 2. The smallest absolute Gasteiger partial charge is 0.317 e. The fourth-order valence-electron chi connectivity index (χ4n) is 2.54. The van der Waals surface area contributed by atoms with Gasteiger partial charge in [0.1, 0.15) is 0 Å². The number of carbonyl (C=O) groups excluding carboxylic acids is 1. The first kappa shape index (κ1) is 14.8. The van der Waals surface area contributed by atoms with Crippen molar-refractivity contribution in [2.75, 3.05) is 32.8 Å². The summed E-state index contributed by atoms with van der Waals surface area (Å²) in [4.78, 5) is 14.0. The first-order valence-electron chi connectivity index (χ1n) is 7.41. The third-order valence-electron chi connectivity index (χ3n) is 3.62. The summed E-state index contributed by atoms with van der Waals surface area (Å²) in [6, 6.07) is 2.03. The second-order valence-electron chi connectivity index (χ2n) is 5.08. The average Bonchev–Trinajstić information content (AvgIpc) is 3.01. The zero-order valence-electron chi connectivity index (χ0n) is 12.1. The number of aromatic nitrogens is 2. The van der Waals surface area contributed by atoms with Crippen molar-refractivity contribution in [1.82, 2.24) is 20.4 Å². The maximum absolute atomic E-state index is 12.1. The number of rotatable bonds is 6. The number of hydrogen-bond donors (Lipinski definition) is 2. The van der Waals surface area contributed by atoms with Gasteiger partial charge in [0.25, 0.3) is 0 Å². The number of amides is 2. The Kier molecular flexibility index (Phi) is 5.86. The van der Waals surface area contributed by atoms with Crippen molar-refractivity contribution in [2.24, 2.45) is 0 Å². The number of hydrogen-bond acceptors (Lipinski definition) is 3. The van der Waals surface area contributed by atoms with Gasteiger partial charge in [-0.2, -0.15) is 5.10 Å². The summed E-state index contributed by atoms with van der Waals surface area (Å²) in [6.07, 6.45) is 4.77. The van der Waals surface area contributed by atoms with Crippen LogP contribution in [0.15, 0.2) is 12.3 Å². The Hall–Kier alpha value is -1.56. The highest BCUT2D eigenvalue weighted by atomic mass is 16.5. The predicted molar refractivity (Wildman–Crippen MR) is 76.6 cm³/mol. The SMILES string of the molecule is CCOCCCNC(=O)N1CCCC(c2ccn[nH]2)C1. The Balaban J connectivity index is 1.73. The molecule has 2 heterocycles. The van der Waals surface area contributed by atoms with Crippen molar-refractivity contribution >= 4 is 6.03 Å². The topological polar surface area (TPSA) is 70.2 Å². The summed E-state index contributed by atoms with van der Waals surface area (Å²) < 4.78 is 5.25. The molecule has 0 radical (unpaired) electrons. The van der Waals surface area contributed by atoms with Crippen molar-refractivity contribution in [3.05, 3.63) is 18.0 Å². The van der Waals surface area contributed by atoms with E-state index < -0.39 is 0 Å². The Morgan fingerprint density at radius 1 is 1.65 bits per heavy atom. The molecule has 1 unspecified atom stereocenters. The summed E-state index contributed by atoms with van der Waals surface area (Å²) >= 11 is 0. The predicted octanol–water partition coefficient (Wildman–Crippen LogP) is 1.73. The zero-order chi connectivity index (χ0) is 14.2. The van der Waals surface area contributed by atoms with Gasteiger partial charge < -0.3 is 15.0 Å². The Labute approximate surface area is 119 Å². The normalized spacial score (nSPS) is 19.1. The maximum Gasteiger partial charge on any atom is 0.317 e. The molecule has 1 aliphatic heterocycles. The first-order chi connectivity index (χ1) is 9.81. The molecule has 0 aromatic carbocycles. The van der Waals surface area contributed by atoms with Crippen molar-refractivity contribution in [3.63, 3.8) is 0 Å². The first-order valence-corrected chi connectivity index (χ1v) is 7.41. The monoisotopic (exact) mass is 280 g/mol. The van der Waals surface area contributed by atoms with Crippen molar-refractivity contribution in [3.8, 4) is 0 Å². The molecule has 1 aliphatic rings. The highest BCUT2D eigenvalue weighted by Crippen LogP contribution is 2.24. The molecule has 1 fully saturated rings. The van der Waals surface area contributed by atoms with Crippen LogP contribution in [-0.2, 0) is 4.74 Å². The van der Waals surface area contributed by atoms with E-state index in [0.717, 1.165) is 44.7 Å². The van der Waals surface area contributed by atoms with Crippen LogP contribution in [-0.4, -0.2) is 54.0 Å². The van der Waals surface area contributed by atoms with E-state index in [1.54, 1.807) is 6.20 Å². The van der Waals surface area contributed by atoms with Gasteiger partial charge in [-0.1, -0.05) is 0 Å². The van der Waals surface area contributed by atoms with E-state index in [0.29, 0.717) is 19.1 Å². The molecule has 1 atom stereocenters. The lowest BCUT2D eigenvalue weighted by Gasteiger charge is -2.32. The fourth-order valence-corrected chi connectivity index (χ4v) is 2.54. The van der Waals surface area contributed by atoms with Crippen LogP contribution in [0.4, 0.5) is 4.79 Å². The number of nitrogens with zero attached hydrogens (tertiary/aromatic N) is 2. The molecule has 20 heavy (non-hydrogen) atoms.